The lowest BCUT2D eigenvalue weighted by Crippen LogP contribution is -2.07. The zero-order valence-electron chi connectivity index (χ0n) is 9.43. The number of benzene rings is 1. The predicted molar refractivity (Wildman–Crippen MR) is 72.6 cm³/mol. The SMILES string of the molecule is Nc1nc(Cc2ccccc2)c(Br)cc1C(=O)O. The van der Waals surface area contributed by atoms with Gasteiger partial charge in [0, 0.05) is 10.9 Å². The van der Waals surface area contributed by atoms with Gasteiger partial charge in [0.1, 0.15) is 11.4 Å². The Morgan fingerprint density at radius 3 is 2.61 bits per heavy atom. The van der Waals surface area contributed by atoms with Gasteiger partial charge in [-0.15, -0.1) is 0 Å². The van der Waals surface area contributed by atoms with Crippen LogP contribution in [-0.2, 0) is 6.42 Å². The fraction of sp³-hybridized carbons (Fsp3) is 0.0769. The molecular formula is C13H11BrN2O2. The van der Waals surface area contributed by atoms with Gasteiger partial charge in [0.15, 0.2) is 0 Å². The van der Waals surface area contributed by atoms with E-state index in [9.17, 15) is 4.79 Å². The van der Waals surface area contributed by atoms with Crippen molar-refractivity contribution in [2.24, 2.45) is 0 Å². The molecule has 18 heavy (non-hydrogen) atoms. The minimum absolute atomic E-state index is 0.0127. The fourth-order valence-electron chi connectivity index (χ4n) is 1.63. The van der Waals surface area contributed by atoms with Crippen molar-refractivity contribution in [3.8, 4) is 0 Å². The van der Waals surface area contributed by atoms with Gasteiger partial charge in [0.25, 0.3) is 0 Å². The molecule has 0 atom stereocenters. The van der Waals surface area contributed by atoms with Crippen molar-refractivity contribution in [3.05, 3.63) is 57.7 Å². The van der Waals surface area contributed by atoms with Crippen molar-refractivity contribution in [3.63, 3.8) is 0 Å². The molecule has 4 nitrogen and oxygen atoms in total. The molecule has 3 N–H and O–H groups in total. The zero-order chi connectivity index (χ0) is 13.1. The average Bonchev–Trinajstić information content (AvgIpc) is 2.34. The quantitative estimate of drug-likeness (QED) is 0.914. The van der Waals surface area contributed by atoms with Gasteiger partial charge in [-0.05, 0) is 27.6 Å². The Kier molecular flexibility index (Phi) is 3.62. The molecule has 0 aliphatic rings. The molecule has 0 unspecified atom stereocenters. The van der Waals surface area contributed by atoms with Gasteiger partial charge in [-0.2, -0.15) is 0 Å². The van der Waals surface area contributed by atoms with Crippen molar-refractivity contribution in [2.45, 2.75) is 6.42 Å². The maximum Gasteiger partial charge on any atom is 0.339 e. The Morgan fingerprint density at radius 1 is 1.33 bits per heavy atom. The van der Waals surface area contributed by atoms with Crippen molar-refractivity contribution in [2.75, 3.05) is 5.73 Å². The second-order valence-corrected chi connectivity index (χ2v) is 4.67. The first kappa shape index (κ1) is 12.6. The maximum atomic E-state index is 10.9. The summed E-state index contributed by atoms with van der Waals surface area (Å²) >= 11 is 3.33. The lowest BCUT2D eigenvalue weighted by molar-refractivity contribution is 0.0697. The van der Waals surface area contributed by atoms with E-state index in [1.54, 1.807) is 0 Å². The molecule has 0 saturated carbocycles. The van der Waals surface area contributed by atoms with Crippen LogP contribution in [0.15, 0.2) is 40.9 Å². The van der Waals surface area contributed by atoms with E-state index in [-0.39, 0.29) is 11.4 Å². The van der Waals surface area contributed by atoms with Gasteiger partial charge in [0.05, 0.1) is 5.69 Å². The smallest absolute Gasteiger partial charge is 0.339 e. The normalized spacial score (nSPS) is 10.3. The summed E-state index contributed by atoms with van der Waals surface area (Å²) < 4.78 is 0.651. The molecule has 2 aromatic rings. The molecule has 0 fully saturated rings. The first-order chi connectivity index (χ1) is 8.58. The second-order valence-electron chi connectivity index (χ2n) is 3.82. The van der Waals surface area contributed by atoms with Crippen LogP contribution < -0.4 is 5.73 Å². The van der Waals surface area contributed by atoms with Gasteiger partial charge in [0.2, 0.25) is 0 Å². The molecule has 2 rings (SSSR count). The molecule has 0 radical (unpaired) electrons. The summed E-state index contributed by atoms with van der Waals surface area (Å²) in [7, 11) is 0. The summed E-state index contributed by atoms with van der Waals surface area (Å²) in [6.07, 6.45) is 0.603. The number of halogens is 1. The van der Waals surface area contributed by atoms with Gasteiger partial charge in [-0.25, -0.2) is 9.78 Å². The Labute approximate surface area is 113 Å². The number of carboxylic acids is 1. The van der Waals surface area contributed by atoms with Crippen molar-refractivity contribution in [1.29, 1.82) is 0 Å². The molecule has 1 heterocycles. The van der Waals surface area contributed by atoms with Crippen molar-refractivity contribution >= 4 is 27.7 Å². The summed E-state index contributed by atoms with van der Waals surface area (Å²) in [5, 5.41) is 8.93. The Hall–Kier alpha value is -1.88. The maximum absolute atomic E-state index is 10.9. The van der Waals surface area contributed by atoms with Crippen molar-refractivity contribution < 1.29 is 9.90 Å². The number of carboxylic acid groups (broad SMARTS) is 1. The molecule has 1 aromatic heterocycles. The largest absolute Gasteiger partial charge is 0.478 e. The molecular weight excluding hydrogens is 296 g/mol. The molecule has 1 aromatic carbocycles. The number of carbonyl (C=O) groups is 1. The number of hydrogen-bond donors (Lipinski definition) is 2. The van der Waals surface area contributed by atoms with Crippen LogP contribution in [0.25, 0.3) is 0 Å². The van der Waals surface area contributed by atoms with Gasteiger partial charge in [-0.1, -0.05) is 30.3 Å². The van der Waals surface area contributed by atoms with Crippen LogP contribution in [0.4, 0.5) is 5.82 Å². The summed E-state index contributed by atoms with van der Waals surface area (Å²) in [6, 6.07) is 11.3. The number of nitrogen functional groups attached to an aromatic ring is 1. The van der Waals surface area contributed by atoms with Crippen LogP contribution >= 0.6 is 15.9 Å². The molecule has 0 aliphatic heterocycles. The van der Waals surface area contributed by atoms with E-state index >= 15 is 0 Å². The molecule has 0 aliphatic carbocycles. The first-order valence-corrected chi connectivity index (χ1v) is 6.09. The standard InChI is InChI=1S/C13H11BrN2O2/c14-10-7-9(13(17)18)12(15)16-11(10)6-8-4-2-1-3-5-8/h1-5,7H,6H2,(H2,15,16)(H,17,18). The molecule has 0 bridgehead atoms. The molecule has 0 amide bonds. The monoisotopic (exact) mass is 306 g/mol. The topological polar surface area (TPSA) is 76.2 Å². The van der Waals surface area contributed by atoms with Gasteiger partial charge in [-0.3, -0.25) is 0 Å². The number of nitrogens with zero attached hydrogens (tertiary/aromatic N) is 1. The number of aromatic nitrogens is 1. The minimum Gasteiger partial charge on any atom is -0.478 e. The molecule has 0 spiro atoms. The zero-order valence-corrected chi connectivity index (χ0v) is 11.0. The number of hydrogen-bond acceptors (Lipinski definition) is 3. The van der Waals surface area contributed by atoms with Crippen LogP contribution in [0.2, 0.25) is 0 Å². The Morgan fingerprint density at radius 2 is 2.00 bits per heavy atom. The van der Waals surface area contributed by atoms with Crippen molar-refractivity contribution in [1.82, 2.24) is 4.98 Å². The van der Waals surface area contributed by atoms with Crippen LogP contribution in [0.3, 0.4) is 0 Å². The summed E-state index contributed by atoms with van der Waals surface area (Å²) in [6.45, 7) is 0. The summed E-state index contributed by atoms with van der Waals surface area (Å²) in [5.41, 5.74) is 7.46. The highest BCUT2D eigenvalue weighted by Gasteiger charge is 2.13. The second kappa shape index (κ2) is 5.18. The first-order valence-electron chi connectivity index (χ1n) is 5.30. The van der Waals surface area contributed by atoms with E-state index in [1.165, 1.54) is 6.07 Å². The molecule has 0 saturated heterocycles. The number of pyridine rings is 1. The predicted octanol–water partition coefficient (Wildman–Crippen LogP) is 2.72. The van der Waals surface area contributed by atoms with E-state index in [2.05, 4.69) is 20.9 Å². The van der Waals surface area contributed by atoms with E-state index in [4.69, 9.17) is 10.8 Å². The lowest BCUT2D eigenvalue weighted by atomic mass is 10.1. The number of nitrogens with two attached hydrogens (primary N) is 1. The lowest BCUT2D eigenvalue weighted by Gasteiger charge is -2.07. The number of anilines is 1. The Balaban J connectivity index is 2.35. The third kappa shape index (κ3) is 2.68. The van der Waals surface area contributed by atoms with Crippen LogP contribution in [0, 0.1) is 0 Å². The number of rotatable bonds is 3. The van der Waals surface area contributed by atoms with Gasteiger partial charge >= 0.3 is 5.97 Å². The minimum atomic E-state index is -1.08. The highest BCUT2D eigenvalue weighted by atomic mass is 79.9. The van der Waals surface area contributed by atoms with E-state index < -0.39 is 5.97 Å². The van der Waals surface area contributed by atoms with E-state index in [0.717, 1.165) is 11.3 Å². The van der Waals surface area contributed by atoms with Gasteiger partial charge < -0.3 is 10.8 Å². The Bertz CT molecular complexity index is 585. The molecule has 92 valence electrons. The van der Waals surface area contributed by atoms with E-state index in [1.807, 2.05) is 30.3 Å². The van der Waals surface area contributed by atoms with Crippen LogP contribution in [-0.4, -0.2) is 16.1 Å². The average molecular weight is 307 g/mol. The fourth-order valence-corrected chi connectivity index (χ4v) is 2.09. The third-order valence-electron chi connectivity index (χ3n) is 2.52. The highest BCUT2D eigenvalue weighted by Crippen LogP contribution is 2.23. The molecule has 5 heteroatoms. The third-order valence-corrected chi connectivity index (χ3v) is 3.21. The summed E-state index contributed by atoms with van der Waals surface area (Å²) in [4.78, 5) is 15.0. The highest BCUT2D eigenvalue weighted by molar-refractivity contribution is 9.10. The summed E-state index contributed by atoms with van der Waals surface area (Å²) in [5.74, 6) is -1.04. The number of aromatic carboxylic acids is 1. The van der Waals surface area contributed by atoms with Crippen LogP contribution in [0.1, 0.15) is 21.6 Å². The van der Waals surface area contributed by atoms with Crippen LogP contribution in [0.5, 0.6) is 0 Å². The van der Waals surface area contributed by atoms with E-state index in [0.29, 0.717) is 10.9 Å².